The van der Waals surface area contributed by atoms with E-state index in [4.69, 9.17) is 17.3 Å². The number of thiophene rings is 1. The molecule has 1 heterocycles. The van der Waals surface area contributed by atoms with Gasteiger partial charge in [-0.2, -0.15) is 0 Å². The molecule has 0 aliphatic carbocycles. The Morgan fingerprint density at radius 3 is 2.48 bits per heavy atom. The topological polar surface area (TPSA) is 49.6 Å². The van der Waals surface area contributed by atoms with Crippen molar-refractivity contribution in [2.45, 2.75) is 20.4 Å². The third kappa shape index (κ3) is 7.47. The number of carbonyl (C=O) groups excluding carboxylic acids is 1. The summed E-state index contributed by atoms with van der Waals surface area (Å²) in [4.78, 5) is 17.0. The summed E-state index contributed by atoms with van der Waals surface area (Å²) in [7, 11) is 3.77. The summed E-state index contributed by atoms with van der Waals surface area (Å²) >= 11 is 7.40. The van der Waals surface area contributed by atoms with Crippen molar-refractivity contribution in [3.8, 4) is 0 Å². The van der Waals surface area contributed by atoms with E-state index in [-0.39, 0.29) is 23.7 Å². The minimum Gasteiger partial charge on any atom is -0.340 e. The van der Waals surface area contributed by atoms with Gasteiger partial charge in [-0.15, -0.1) is 23.7 Å². The van der Waals surface area contributed by atoms with Crippen molar-refractivity contribution in [1.29, 1.82) is 0 Å². The highest BCUT2D eigenvalue weighted by Gasteiger charge is 2.20. The van der Waals surface area contributed by atoms with Crippen molar-refractivity contribution in [3.63, 3.8) is 0 Å². The average Bonchev–Trinajstić information content (AvgIpc) is 2.73. The van der Waals surface area contributed by atoms with Gasteiger partial charge in [0.2, 0.25) is 5.91 Å². The number of halogens is 2. The molecule has 0 aliphatic heterocycles. The molecule has 0 saturated carbocycles. The van der Waals surface area contributed by atoms with Crippen molar-refractivity contribution >= 4 is 41.3 Å². The molecular formula is C14H25Cl2N3OS. The molecule has 21 heavy (non-hydrogen) atoms. The van der Waals surface area contributed by atoms with Crippen molar-refractivity contribution in [2.75, 3.05) is 33.7 Å². The Hall–Kier alpha value is -0.330. The number of likely N-dealkylation sites (N-methyl/N-ethyl adjacent to an activating group) is 2. The standard InChI is InChI=1S/C14H24ClN3OS.ClH/c1-14(2,9-16)10-17(3)8-13(19)18(4)7-11-5-6-12(15)20-11;/h5-6H,7-10,16H2,1-4H3;1H. The molecule has 0 bridgehead atoms. The molecule has 0 spiro atoms. The number of rotatable bonds is 7. The fraction of sp³-hybridized carbons (Fsp3) is 0.643. The maximum absolute atomic E-state index is 12.2. The summed E-state index contributed by atoms with van der Waals surface area (Å²) in [6.07, 6.45) is 0. The van der Waals surface area contributed by atoms with E-state index in [1.54, 1.807) is 4.90 Å². The molecule has 2 N–H and O–H groups in total. The van der Waals surface area contributed by atoms with Gasteiger partial charge in [0.15, 0.2) is 0 Å². The molecule has 0 unspecified atom stereocenters. The van der Waals surface area contributed by atoms with E-state index in [2.05, 4.69) is 13.8 Å². The van der Waals surface area contributed by atoms with Crippen molar-refractivity contribution in [1.82, 2.24) is 9.80 Å². The lowest BCUT2D eigenvalue weighted by Gasteiger charge is -2.29. The van der Waals surface area contributed by atoms with Crippen molar-refractivity contribution in [2.24, 2.45) is 11.1 Å². The predicted octanol–water partition coefficient (Wildman–Crippen LogP) is 2.70. The summed E-state index contributed by atoms with van der Waals surface area (Å²) in [5.41, 5.74) is 5.74. The smallest absolute Gasteiger partial charge is 0.236 e. The van der Waals surface area contributed by atoms with E-state index in [9.17, 15) is 4.79 Å². The molecule has 0 saturated heterocycles. The number of hydrogen-bond donors (Lipinski definition) is 1. The number of hydrogen-bond acceptors (Lipinski definition) is 4. The average molecular weight is 354 g/mol. The monoisotopic (exact) mass is 353 g/mol. The largest absolute Gasteiger partial charge is 0.340 e. The second kappa shape index (κ2) is 8.96. The third-order valence-corrected chi connectivity index (χ3v) is 4.32. The van der Waals surface area contributed by atoms with Gasteiger partial charge in [0.25, 0.3) is 0 Å². The van der Waals surface area contributed by atoms with Gasteiger partial charge in [-0.1, -0.05) is 25.4 Å². The fourth-order valence-electron chi connectivity index (χ4n) is 1.96. The van der Waals surface area contributed by atoms with Gasteiger partial charge < -0.3 is 10.6 Å². The Bertz CT molecular complexity index is 451. The highest BCUT2D eigenvalue weighted by molar-refractivity contribution is 7.16. The first-order valence-corrected chi connectivity index (χ1v) is 7.80. The van der Waals surface area contributed by atoms with Crippen molar-refractivity contribution < 1.29 is 4.79 Å². The molecule has 0 aliphatic rings. The maximum atomic E-state index is 12.2. The zero-order valence-corrected chi connectivity index (χ0v) is 15.4. The lowest BCUT2D eigenvalue weighted by atomic mass is 9.93. The summed E-state index contributed by atoms with van der Waals surface area (Å²) in [6.45, 7) is 6.61. The second-order valence-corrected chi connectivity index (χ2v) is 7.80. The zero-order valence-electron chi connectivity index (χ0n) is 13.1. The predicted molar refractivity (Wildman–Crippen MR) is 93.4 cm³/mol. The van der Waals surface area contributed by atoms with Crippen LogP contribution in [-0.2, 0) is 11.3 Å². The summed E-state index contributed by atoms with van der Waals surface area (Å²) in [6, 6.07) is 3.81. The maximum Gasteiger partial charge on any atom is 0.236 e. The van der Waals surface area contributed by atoms with E-state index in [1.165, 1.54) is 11.3 Å². The quantitative estimate of drug-likeness (QED) is 0.819. The van der Waals surface area contributed by atoms with Crippen LogP contribution in [0.1, 0.15) is 18.7 Å². The van der Waals surface area contributed by atoms with E-state index in [0.29, 0.717) is 19.6 Å². The Balaban J connectivity index is 0.00000400. The second-order valence-electron chi connectivity index (χ2n) is 6.00. The van der Waals surface area contributed by atoms with Gasteiger partial charge >= 0.3 is 0 Å². The lowest BCUT2D eigenvalue weighted by Crippen LogP contribution is -2.42. The van der Waals surface area contributed by atoms with Gasteiger partial charge in [-0.25, -0.2) is 0 Å². The summed E-state index contributed by atoms with van der Waals surface area (Å²) in [5, 5.41) is 0. The number of amides is 1. The van der Waals surface area contributed by atoms with E-state index in [1.807, 2.05) is 31.1 Å². The Labute approximate surface area is 142 Å². The molecular weight excluding hydrogens is 329 g/mol. The van der Waals surface area contributed by atoms with E-state index in [0.717, 1.165) is 15.8 Å². The molecule has 122 valence electrons. The van der Waals surface area contributed by atoms with Gasteiger partial charge in [0.1, 0.15) is 0 Å². The molecule has 0 aromatic carbocycles. The Kier molecular flexibility index (Phi) is 8.81. The summed E-state index contributed by atoms with van der Waals surface area (Å²) < 4.78 is 0.752. The first kappa shape index (κ1) is 20.7. The molecule has 7 heteroatoms. The van der Waals surface area contributed by atoms with Gasteiger partial charge in [-0.05, 0) is 31.1 Å². The molecule has 1 rings (SSSR count). The van der Waals surface area contributed by atoms with Crippen LogP contribution in [0, 0.1) is 5.41 Å². The highest BCUT2D eigenvalue weighted by atomic mass is 35.5. The van der Waals surface area contributed by atoms with Crippen LogP contribution in [0.5, 0.6) is 0 Å². The van der Waals surface area contributed by atoms with Gasteiger partial charge in [0, 0.05) is 18.5 Å². The van der Waals surface area contributed by atoms with Crippen LogP contribution < -0.4 is 5.73 Å². The third-order valence-electron chi connectivity index (χ3n) is 3.10. The van der Waals surface area contributed by atoms with Crippen LogP contribution in [0.2, 0.25) is 4.34 Å². The number of carbonyl (C=O) groups is 1. The lowest BCUT2D eigenvalue weighted by molar-refractivity contribution is -0.131. The molecule has 4 nitrogen and oxygen atoms in total. The molecule has 0 radical (unpaired) electrons. The van der Waals surface area contributed by atoms with E-state index >= 15 is 0 Å². The molecule has 1 aromatic rings. The molecule has 0 fully saturated rings. The van der Waals surface area contributed by atoms with E-state index < -0.39 is 0 Å². The summed E-state index contributed by atoms with van der Waals surface area (Å²) in [5.74, 6) is 0.102. The minimum absolute atomic E-state index is 0. The Morgan fingerprint density at radius 2 is 2.00 bits per heavy atom. The van der Waals surface area contributed by atoms with Crippen LogP contribution >= 0.6 is 35.3 Å². The highest BCUT2D eigenvalue weighted by Crippen LogP contribution is 2.22. The van der Waals surface area contributed by atoms with Gasteiger partial charge in [-0.3, -0.25) is 9.69 Å². The fourth-order valence-corrected chi connectivity index (χ4v) is 3.10. The van der Waals surface area contributed by atoms with Crippen molar-refractivity contribution in [3.05, 3.63) is 21.3 Å². The number of nitrogens with zero attached hydrogens (tertiary/aromatic N) is 2. The van der Waals surface area contributed by atoms with Crippen LogP contribution in [0.3, 0.4) is 0 Å². The SMILES string of the molecule is CN(CC(=O)N(C)Cc1ccc(Cl)s1)CC(C)(C)CN.Cl. The zero-order chi connectivity index (χ0) is 15.3. The van der Waals surface area contributed by atoms with Crippen LogP contribution in [0.4, 0.5) is 0 Å². The van der Waals surface area contributed by atoms with Crippen LogP contribution in [0.25, 0.3) is 0 Å². The Morgan fingerprint density at radius 1 is 1.38 bits per heavy atom. The molecule has 1 aromatic heterocycles. The van der Waals surface area contributed by atoms with Crippen LogP contribution in [-0.4, -0.2) is 49.4 Å². The molecule has 0 atom stereocenters. The minimum atomic E-state index is 0. The van der Waals surface area contributed by atoms with Gasteiger partial charge in [0.05, 0.1) is 17.4 Å². The normalized spacial score (nSPS) is 11.4. The number of nitrogens with two attached hydrogens (primary N) is 1. The first-order valence-electron chi connectivity index (χ1n) is 6.60. The van der Waals surface area contributed by atoms with Crippen LogP contribution in [0.15, 0.2) is 12.1 Å². The first-order chi connectivity index (χ1) is 9.23. The molecule has 1 amide bonds.